The summed E-state index contributed by atoms with van der Waals surface area (Å²) >= 11 is 3.36. The lowest BCUT2D eigenvalue weighted by atomic mass is 10.1. The molecule has 3 nitrogen and oxygen atoms in total. The van der Waals surface area contributed by atoms with Crippen molar-refractivity contribution in [2.45, 2.75) is 13.0 Å². The Morgan fingerprint density at radius 2 is 1.94 bits per heavy atom. The molecule has 1 atom stereocenters. The molecule has 1 aromatic carbocycles. The predicted octanol–water partition coefficient (Wildman–Crippen LogP) is 1.80. The molecule has 2 N–H and O–H groups in total. The van der Waals surface area contributed by atoms with Gasteiger partial charge in [-0.05, 0) is 24.2 Å². The third-order valence-electron chi connectivity index (χ3n) is 2.55. The van der Waals surface area contributed by atoms with Gasteiger partial charge in [0.15, 0.2) is 0 Å². The largest absolute Gasteiger partial charge is 0.395 e. The van der Waals surface area contributed by atoms with Gasteiger partial charge in [-0.1, -0.05) is 35.0 Å². The molecule has 0 aliphatic heterocycles. The fourth-order valence-electron chi connectivity index (χ4n) is 1.55. The highest BCUT2D eigenvalue weighted by atomic mass is 79.9. The lowest BCUT2D eigenvalue weighted by molar-refractivity contribution is 0.103. The first-order chi connectivity index (χ1) is 7.67. The fourth-order valence-corrected chi connectivity index (χ4v) is 1.82. The molecule has 0 heterocycles. The van der Waals surface area contributed by atoms with Gasteiger partial charge in [-0.3, -0.25) is 4.90 Å². The number of aliphatic hydroxyl groups is 2. The molecule has 0 aliphatic rings. The smallest absolute Gasteiger partial charge is 0.0916 e. The minimum atomic E-state index is -0.500. The molecule has 0 fully saturated rings. The van der Waals surface area contributed by atoms with Crippen LogP contribution in [0, 0.1) is 0 Å². The van der Waals surface area contributed by atoms with E-state index in [1.807, 2.05) is 36.1 Å². The van der Waals surface area contributed by atoms with Gasteiger partial charge in [0.1, 0.15) is 0 Å². The highest BCUT2D eigenvalue weighted by molar-refractivity contribution is 9.10. The molecule has 1 unspecified atom stereocenters. The maximum Gasteiger partial charge on any atom is 0.0916 e. The molecule has 0 radical (unpaired) electrons. The molecule has 1 aromatic rings. The van der Waals surface area contributed by atoms with Crippen LogP contribution in [0.1, 0.15) is 18.6 Å². The van der Waals surface area contributed by atoms with Crippen LogP contribution in [0.4, 0.5) is 0 Å². The van der Waals surface area contributed by atoms with E-state index in [4.69, 9.17) is 5.11 Å². The second kappa shape index (κ2) is 7.01. The molecular formula is C12H18BrNO2. The van der Waals surface area contributed by atoms with Crippen LogP contribution >= 0.6 is 15.9 Å². The predicted molar refractivity (Wildman–Crippen MR) is 68.3 cm³/mol. The average molecular weight is 288 g/mol. The second-order valence-corrected chi connectivity index (χ2v) is 4.60. The second-order valence-electron chi connectivity index (χ2n) is 3.68. The Bertz CT molecular complexity index is 302. The molecule has 4 heteroatoms. The molecule has 0 aromatic heterocycles. The van der Waals surface area contributed by atoms with Gasteiger partial charge in [0.05, 0.1) is 12.7 Å². The third-order valence-corrected chi connectivity index (χ3v) is 3.08. The Kier molecular flexibility index (Phi) is 5.98. The summed E-state index contributed by atoms with van der Waals surface area (Å²) in [5, 5.41) is 18.9. The van der Waals surface area contributed by atoms with Crippen molar-refractivity contribution in [2.75, 3.05) is 26.2 Å². The number of nitrogens with zero attached hydrogens (tertiary/aromatic N) is 1. The van der Waals surface area contributed by atoms with Gasteiger partial charge in [0, 0.05) is 17.6 Å². The topological polar surface area (TPSA) is 43.7 Å². The average Bonchev–Trinajstić information content (AvgIpc) is 2.29. The van der Waals surface area contributed by atoms with Gasteiger partial charge in [-0.25, -0.2) is 0 Å². The lowest BCUT2D eigenvalue weighted by Gasteiger charge is -2.22. The van der Waals surface area contributed by atoms with E-state index in [2.05, 4.69) is 15.9 Å². The molecule has 16 heavy (non-hydrogen) atoms. The standard InChI is InChI=1S/C12H18BrNO2/c1-2-14(7-8-15)9-12(16)10-3-5-11(13)6-4-10/h3-6,12,15-16H,2,7-9H2,1H3. The van der Waals surface area contributed by atoms with E-state index in [0.717, 1.165) is 16.6 Å². The number of hydrogen-bond acceptors (Lipinski definition) is 3. The molecular weight excluding hydrogens is 270 g/mol. The minimum absolute atomic E-state index is 0.126. The number of rotatable bonds is 6. The molecule has 1 rings (SSSR count). The van der Waals surface area contributed by atoms with Crippen molar-refractivity contribution >= 4 is 15.9 Å². The van der Waals surface area contributed by atoms with E-state index >= 15 is 0 Å². The maximum atomic E-state index is 10.0. The van der Waals surface area contributed by atoms with E-state index in [0.29, 0.717) is 13.1 Å². The Balaban J connectivity index is 2.56. The Hall–Kier alpha value is -0.420. The van der Waals surface area contributed by atoms with Gasteiger partial charge >= 0.3 is 0 Å². The van der Waals surface area contributed by atoms with Crippen molar-refractivity contribution in [2.24, 2.45) is 0 Å². The summed E-state index contributed by atoms with van der Waals surface area (Å²) in [5.41, 5.74) is 0.902. The zero-order valence-electron chi connectivity index (χ0n) is 9.43. The van der Waals surface area contributed by atoms with E-state index < -0.39 is 6.10 Å². The van der Waals surface area contributed by atoms with Crippen molar-refractivity contribution in [3.63, 3.8) is 0 Å². The highest BCUT2D eigenvalue weighted by Crippen LogP contribution is 2.17. The summed E-state index contributed by atoms with van der Waals surface area (Å²) in [4.78, 5) is 2.02. The molecule has 0 saturated heterocycles. The summed E-state index contributed by atoms with van der Waals surface area (Å²) in [6, 6.07) is 7.64. The van der Waals surface area contributed by atoms with Crippen LogP contribution in [0.5, 0.6) is 0 Å². The SMILES string of the molecule is CCN(CCO)CC(O)c1ccc(Br)cc1. The minimum Gasteiger partial charge on any atom is -0.395 e. The first kappa shape index (κ1) is 13.6. The highest BCUT2D eigenvalue weighted by Gasteiger charge is 2.11. The van der Waals surface area contributed by atoms with Gasteiger partial charge in [-0.2, -0.15) is 0 Å². The van der Waals surface area contributed by atoms with Gasteiger partial charge in [0.25, 0.3) is 0 Å². The zero-order chi connectivity index (χ0) is 12.0. The Morgan fingerprint density at radius 3 is 2.44 bits per heavy atom. The van der Waals surface area contributed by atoms with E-state index in [1.165, 1.54) is 0 Å². The third kappa shape index (κ3) is 4.22. The van der Waals surface area contributed by atoms with E-state index in [9.17, 15) is 5.11 Å². The van der Waals surface area contributed by atoms with Crippen LogP contribution in [0.2, 0.25) is 0 Å². The monoisotopic (exact) mass is 287 g/mol. The van der Waals surface area contributed by atoms with Crippen LogP contribution in [-0.4, -0.2) is 41.4 Å². The van der Waals surface area contributed by atoms with Crippen LogP contribution in [0.25, 0.3) is 0 Å². The molecule has 0 saturated carbocycles. The summed E-state index contributed by atoms with van der Waals surface area (Å²) in [6.07, 6.45) is -0.500. The molecule has 0 aliphatic carbocycles. The number of aliphatic hydroxyl groups excluding tert-OH is 2. The number of benzene rings is 1. The summed E-state index contributed by atoms with van der Waals surface area (Å²) < 4.78 is 1.01. The van der Waals surface area contributed by atoms with Crippen LogP contribution < -0.4 is 0 Å². The molecule has 90 valence electrons. The maximum absolute atomic E-state index is 10.0. The number of hydrogen-bond donors (Lipinski definition) is 2. The number of likely N-dealkylation sites (N-methyl/N-ethyl adjacent to an activating group) is 1. The summed E-state index contributed by atoms with van der Waals surface area (Å²) in [5.74, 6) is 0. The van der Waals surface area contributed by atoms with Crippen molar-refractivity contribution in [1.82, 2.24) is 4.90 Å². The number of halogens is 1. The fraction of sp³-hybridized carbons (Fsp3) is 0.500. The van der Waals surface area contributed by atoms with Crippen LogP contribution in [0.3, 0.4) is 0 Å². The molecule has 0 spiro atoms. The Labute approximate surface area is 105 Å². The van der Waals surface area contributed by atoms with Crippen LogP contribution in [-0.2, 0) is 0 Å². The Morgan fingerprint density at radius 1 is 1.31 bits per heavy atom. The molecule has 0 bridgehead atoms. The van der Waals surface area contributed by atoms with Gasteiger partial charge in [-0.15, -0.1) is 0 Å². The zero-order valence-corrected chi connectivity index (χ0v) is 11.0. The van der Waals surface area contributed by atoms with E-state index in [1.54, 1.807) is 0 Å². The quantitative estimate of drug-likeness (QED) is 0.839. The first-order valence-electron chi connectivity index (χ1n) is 5.44. The van der Waals surface area contributed by atoms with E-state index in [-0.39, 0.29) is 6.61 Å². The van der Waals surface area contributed by atoms with Crippen molar-refractivity contribution in [1.29, 1.82) is 0 Å². The van der Waals surface area contributed by atoms with Crippen molar-refractivity contribution in [3.8, 4) is 0 Å². The summed E-state index contributed by atoms with van der Waals surface area (Å²) in [7, 11) is 0. The summed E-state index contributed by atoms with van der Waals surface area (Å²) in [6.45, 7) is 4.13. The molecule has 0 amide bonds. The van der Waals surface area contributed by atoms with Crippen molar-refractivity contribution in [3.05, 3.63) is 34.3 Å². The lowest BCUT2D eigenvalue weighted by Crippen LogP contribution is -2.31. The normalized spacial score (nSPS) is 13.1. The van der Waals surface area contributed by atoms with Crippen LogP contribution in [0.15, 0.2) is 28.7 Å². The van der Waals surface area contributed by atoms with Gasteiger partial charge < -0.3 is 10.2 Å². The first-order valence-corrected chi connectivity index (χ1v) is 6.23. The van der Waals surface area contributed by atoms with Gasteiger partial charge in [0.2, 0.25) is 0 Å². The van der Waals surface area contributed by atoms with Crippen molar-refractivity contribution < 1.29 is 10.2 Å².